The third kappa shape index (κ3) is 3.86. The lowest BCUT2D eigenvalue weighted by Gasteiger charge is -2.27. The first-order valence-corrected chi connectivity index (χ1v) is 7.63. The van der Waals surface area contributed by atoms with Crippen molar-refractivity contribution in [2.75, 3.05) is 13.7 Å². The molecule has 20 heavy (non-hydrogen) atoms. The average molecular weight is 273 g/mol. The molecular formula is C18H27NO. The average Bonchev–Trinajstić information content (AvgIpc) is 2.43. The smallest absolute Gasteiger partial charge is 0.123 e. The fraction of sp³-hybridized carbons (Fsp3) is 0.556. The molecule has 2 rings (SSSR count). The minimum absolute atomic E-state index is 0.327. The van der Waals surface area contributed by atoms with E-state index in [-0.39, 0.29) is 0 Å². The van der Waals surface area contributed by atoms with Crippen LogP contribution in [0.4, 0.5) is 0 Å². The fourth-order valence-electron chi connectivity index (χ4n) is 3.32. The molecule has 0 fully saturated rings. The molecule has 0 radical (unpaired) electrons. The Hall–Kier alpha value is -1.28. The van der Waals surface area contributed by atoms with Crippen molar-refractivity contribution in [1.29, 1.82) is 0 Å². The number of methoxy groups -OCH3 is 1. The van der Waals surface area contributed by atoms with E-state index in [9.17, 15) is 0 Å². The highest BCUT2D eigenvalue weighted by Crippen LogP contribution is 2.29. The van der Waals surface area contributed by atoms with Crippen molar-refractivity contribution in [2.24, 2.45) is 11.8 Å². The van der Waals surface area contributed by atoms with Crippen LogP contribution >= 0.6 is 0 Å². The van der Waals surface area contributed by atoms with Gasteiger partial charge in [-0.3, -0.25) is 0 Å². The number of rotatable bonds is 5. The lowest BCUT2D eigenvalue weighted by molar-refractivity contribution is 0.359. The molecule has 0 heterocycles. The first-order chi connectivity index (χ1) is 9.60. The second-order valence-corrected chi connectivity index (χ2v) is 6.17. The number of para-hydroxylation sites is 1. The predicted octanol–water partition coefficient (Wildman–Crippen LogP) is 4.34. The summed E-state index contributed by atoms with van der Waals surface area (Å²) in [4.78, 5) is 0. The Morgan fingerprint density at radius 1 is 1.35 bits per heavy atom. The molecule has 0 aliphatic heterocycles. The number of allylic oxidation sites excluding steroid dienone is 2. The van der Waals surface area contributed by atoms with Crippen LogP contribution in [0.1, 0.15) is 45.2 Å². The molecule has 3 atom stereocenters. The summed E-state index contributed by atoms with van der Waals surface area (Å²) in [5, 5.41) is 3.68. The Morgan fingerprint density at radius 2 is 2.10 bits per heavy atom. The molecule has 2 nitrogen and oxygen atoms in total. The van der Waals surface area contributed by atoms with Crippen molar-refractivity contribution in [3.8, 4) is 5.75 Å². The van der Waals surface area contributed by atoms with Crippen LogP contribution in [0.2, 0.25) is 0 Å². The van der Waals surface area contributed by atoms with Crippen LogP contribution in [0.3, 0.4) is 0 Å². The Morgan fingerprint density at radius 3 is 2.80 bits per heavy atom. The molecule has 2 heteroatoms. The van der Waals surface area contributed by atoms with Crippen molar-refractivity contribution in [3.05, 3.63) is 41.5 Å². The third-order valence-electron chi connectivity index (χ3n) is 4.20. The maximum absolute atomic E-state index is 5.44. The fourth-order valence-corrected chi connectivity index (χ4v) is 3.32. The van der Waals surface area contributed by atoms with E-state index in [0.717, 1.165) is 24.1 Å². The van der Waals surface area contributed by atoms with Crippen LogP contribution in [0, 0.1) is 11.8 Å². The van der Waals surface area contributed by atoms with Crippen molar-refractivity contribution in [3.63, 3.8) is 0 Å². The van der Waals surface area contributed by atoms with Gasteiger partial charge >= 0.3 is 0 Å². The van der Waals surface area contributed by atoms with E-state index in [2.05, 4.69) is 44.3 Å². The molecule has 0 saturated carbocycles. The zero-order valence-corrected chi connectivity index (χ0v) is 13.1. The van der Waals surface area contributed by atoms with E-state index < -0.39 is 0 Å². The van der Waals surface area contributed by atoms with Gasteiger partial charge in [0.05, 0.1) is 7.11 Å². The number of benzene rings is 1. The zero-order valence-electron chi connectivity index (χ0n) is 13.1. The molecular weight excluding hydrogens is 246 g/mol. The van der Waals surface area contributed by atoms with E-state index in [1.165, 1.54) is 18.4 Å². The van der Waals surface area contributed by atoms with Gasteiger partial charge in [0.2, 0.25) is 0 Å². The minimum atomic E-state index is 0.327. The van der Waals surface area contributed by atoms with Crippen LogP contribution in [0.5, 0.6) is 5.75 Å². The van der Waals surface area contributed by atoms with Gasteiger partial charge in [0.25, 0.3) is 0 Å². The summed E-state index contributed by atoms with van der Waals surface area (Å²) in [6.07, 6.45) is 4.94. The molecule has 1 aliphatic rings. The summed E-state index contributed by atoms with van der Waals surface area (Å²) in [5.41, 5.74) is 2.78. The Labute approximate surface area is 123 Å². The highest BCUT2D eigenvalue weighted by Gasteiger charge is 2.19. The van der Waals surface area contributed by atoms with Crippen LogP contribution in [0.25, 0.3) is 0 Å². The third-order valence-corrected chi connectivity index (χ3v) is 4.20. The van der Waals surface area contributed by atoms with E-state index in [1.807, 2.05) is 12.1 Å². The lowest BCUT2D eigenvalue weighted by atomic mass is 9.83. The van der Waals surface area contributed by atoms with Crippen LogP contribution in [-0.2, 0) is 0 Å². The van der Waals surface area contributed by atoms with Crippen molar-refractivity contribution in [1.82, 2.24) is 5.32 Å². The molecule has 1 aromatic rings. The minimum Gasteiger partial charge on any atom is -0.496 e. The van der Waals surface area contributed by atoms with Crippen molar-refractivity contribution >= 4 is 0 Å². The maximum atomic E-state index is 5.44. The topological polar surface area (TPSA) is 21.3 Å². The predicted molar refractivity (Wildman–Crippen MR) is 85.1 cm³/mol. The number of ether oxygens (including phenoxy) is 1. The second kappa shape index (κ2) is 6.94. The number of nitrogens with one attached hydrogen (secondary N) is 1. The molecule has 3 unspecified atom stereocenters. The molecule has 0 saturated heterocycles. The standard InChI is InChI=1S/C18H27NO/c1-13-9-14(2)11-16(10-13)12-19-15(3)17-7-5-6-8-18(17)20-4/h5-9,13,15-16,19H,10-12H2,1-4H3. The number of hydrogen-bond donors (Lipinski definition) is 1. The highest BCUT2D eigenvalue weighted by atomic mass is 16.5. The SMILES string of the molecule is COc1ccccc1C(C)NCC1CC(C)=CC(C)C1. The van der Waals surface area contributed by atoms with Gasteiger partial charge in [-0.2, -0.15) is 0 Å². The van der Waals surface area contributed by atoms with Crippen molar-refractivity contribution in [2.45, 2.75) is 39.7 Å². The first-order valence-electron chi connectivity index (χ1n) is 7.63. The van der Waals surface area contributed by atoms with E-state index in [0.29, 0.717) is 6.04 Å². The van der Waals surface area contributed by atoms with E-state index >= 15 is 0 Å². The molecule has 1 N–H and O–H groups in total. The molecule has 1 aliphatic carbocycles. The van der Waals surface area contributed by atoms with Crippen molar-refractivity contribution < 1.29 is 4.74 Å². The summed E-state index contributed by atoms with van der Waals surface area (Å²) >= 11 is 0. The molecule has 0 aromatic heterocycles. The summed E-state index contributed by atoms with van der Waals surface area (Å²) in [5.74, 6) is 2.45. The molecule has 0 amide bonds. The first kappa shape index (κ1) is 15.1. The lowest BCUT2D eigenvalue weighted by Crippen LogP contribution is -2.28. The van der Waals surface area contributed by atoms with Gasteiger partial charge in [-0.15, -0.1) is 0 Å². The van der Waals surface area contributed by atoms with Crippen LogP contribution in [0.15, 0.2) is 35.9 Å². The van der Waals surface area contributed by atoms with Gasteiger partial charge in [0.15, 0.2) is 0 Å². The quantitative estimate of drug-likeness (QED) is 0.806. The Bertz CT molecular complexity index is 466. The van der Waals surface area contributed by atoms with E-state index in [4.69, 9.17) is 4.74 Å². The second-order valence-electron chi connectivity index (χ2n) is 6.17. The van der Waals surface area contributed by atoms with Gasteiger partial charge in [-0.05, 0) is 51.1 Å². The highest BCUT2D eigenvalue weighted by molar-refractivity contribution is 5.35. The molecule has 110 valence electrons. The Balaban J connectivity index is 1.92. The molecule has 0 bridgehead atoms. The summed E-state index contributed by atoms with van der Waals surface area (Å²) in [7, 11) is 1.74. The normalized spacial score (nSPS) is 24.1. The van der Waals surface area contributed by atoms with Gasteiger partial charge in [0.1, 0.15) is 5.75 Å². The number of hydrogen-bond acceptors (Lipinski definition) is 2. The maximum Gasteiger partial charge on any atom is 0.123 e. The summed E-state index contributed by atoms with van der Waals surface area (Å²) < 4.78 is 5.44. The van der Waals surface area contributed by atoms with Gasteiger partial charge in [0, 0.05) is 11.6 Å². The molecule has 1 aromatic carbocycles. The summed E-state index contributed by atoms with van der Waals surface area (Å²) in [6, 6.07) is 8.60. The van der Waals surface area contributed by atoms with Crippen LogP contribution in [-0.4, -0.2) is 13.7 Å². The summed E-state index contributed by atoms with van der Waals surface area (Å²) in [6.45, 7) is 7.87. The van der Waals surface area contributed by atoms with Gasteiger partial charge in [-0.25, -0.2) is 0 Å². The van der Waals surface area contributed by atoms with Crippen LogP contribution < -0.4 is 10.1 Å². The van der Waals surface area contributed by atoms with Gasteiger partial charge in [-0.1, -0.05) is 36.8 Å². The molecule has 0 spiro atoms. The zero-order chi connectivity index (χ0) is 14.5. The van der Waals surface area contributed by atoms with E-state index in [1.54, 1.807) is 12.7 Å². The Kier molecular flexibility index (Phi) is 5.24. The monoisotopic (exact) mass is 273 g/mol. The van der Waals surface area contributed by atoms with Gasteiger partial charge < -0.3 is 10.1 Å². The largest absolute Gasteiger partial charge is 0.496 e.